The lowest BCUT2D eigenvalue weighted by Gasteiger charge is -2.23. The second-order valence-electron chi connectivity index (χ2n) is 4.97. The fraction of sp³-hybridized carbons (Fsp3) is 0.467. The molecule has 1 rings (SSSR count). The molecule has 0 saturated carbocycles. The van der Waals surface area contributed by atoms with Gasteiger partial charge in [0.25, 0.3) is 5.91 Å². The summed E-state index contributed by atoms with van der Waals surface area (Å²) in [6.45, 7) is 2.76. The summed E-state index contributed by atoms with van der Waals surface area (Å²) >= 11 is 3.42. The third-order valence-corrected chi connectivity index (χ3v) is 3.95. The van der Waals surface area contributed by atoms with Crippen LogP contribution in [0.2, 0.25) is 0 Å². The Bertz CT molecular complexity index is 518. The first-order valence-electron chi connectivity index (χ1n) is 6.61. The van der Waals surface area contributed by atoms with E-state index in [1.807, 2.05) is 13.0 Å². The SMILES string of the molecule is COCCN(CC(=O)N(C)C)C(=O)c1ccc(C)c(Br)c1. The molecule has 0 fully saturated rings. The van der Waals surface area contributed by atoms with Gasteiger partial charge in [0.1, 0.15) is 6.54 Å². The van der Waals surface area contributed by atoms with Crippen molar-refractivity contribution in [1.29, 1.82) is 0 Å². The molecule has 0 atom stereocenters. The molecule has 1 aromatic rings. The lowest BCUT2D eigenvalue weighted by atomic mass is 10.1. The van der Waals surface area contributed by atoms with E-state index in [0.717, 1.165) is 10.0 Å². The monoisotopic (exact) mass is 356 g/mol. The minimum absolute atomic E-state index is 0.0424. The lowest BCUT2D eigenvalue weighted by molar-refractivity contribution is -0.129. The number of amides is 2. The summed E-state index contributed by atoms with van der Waals surface area (Å²) in [5, 5.41) is 0. The van der Waals surface area contributed by atoms with Crippen molar-refractivity contribution in [2.75, 3.05) is 40.9 Å². The Hall–Kier alpha value is -1.40. The number of carbonyl (C=O) groups excluding carboxylic acids is 2. The van der Waals surface area contributed by atoms with Crippen molar-refractivity contribution >= 4 is 27.7 Å². The molecule has 0 unspecified atom stereocenters. The molecule has 0 bridgehead atoms. The first-order valence-corrected chi connectivity index (χ1v) is 7.40. The highest BCUT2D eigenvalue weighted by atomic mass is 79.9. The fourth-order valence-corrected chi connectivity index (χ4v) is 2.05. The largest absolute Gasteiger partial charge is 0.383 e. The molecule has 2 amide bonds. The Morgan fingerprint density at radius 3 is 2.48 bits per heavy atom. The molecule has 116 valence electrons. The van der Waals surface area contributed by atoms with Crippen molar-refractivity contribution in [2.24, 2.45) is 0 Å². The molecule has 0 heterocycles. The van der Waals surface area contributed by atoms with Gasteiger partial charge in [-0.3, -0.25) is 9.59 Å². The van der Waals surface area contributed by atoms with E-state index in [-0.39, 0.29) is 18.4 Å². The molecule has 6 heteroatoms. The smallest absolute Gasteiger partial charge is 0.254 e. The van der Waals surface area contributed by atoms with E-state index in [0.29, 0.717) is 18.7 Å². The highest BCUT2D eigenvalue weighted by Gasteiger charge is 2.20. The molecule has 5 nitrogen and oxygen atoms in total. The molecule has 0 saturated heterocycles. The van der Waals surface area contributed by atoms with E-state index >= 15 is 0 Å². The van der Waals surface area contributed by atoms with E-state index in [1.54, 1.807) is 33.3 Å². The van der Waals surface area contributed by atoms with Crippen molar-refractivity contribution in [3.63, 3.8) is 0 Å². The lowest BCUT2D eigenvalue weighted by Crippen LogP contribution is -2.41. The summed E-state index contributed by atoms with van der Waals surface area (Å²) in [6.07, 6.45) is 0. The molecule has 0 aliphatic carbocycles. The number of rotatable bonds is 6. The standard InChI is InChI=1S/C15H21BrN2O3/c1-11-5-6-12(9-13(11)16)15(20)18(7-8-21-4)10-14(19)17(2)3/h5-6,9H,7-8,10H2,1-4H3. The molecule has 0 aromatic heterocycles. The molecule has 0 spiro atoms. The number of carbonyl (C=O) groups is 2. The van der Waals surface area contributed by atoms with Gasteiger partial charge in [0.15, 0.2) is 0 Å². The van der Waals surface area contributed by atoms with E-state index in [9.17, 15) is 9.59 Å². The Kier molecular flexibility index (Phi) is 6.84. The van der Waals surface area contributed by atoms with Crippen molar-refractivity contribution in [2.45, 2.75) is 6.92 Å². The summed E-state index contributed by atoms with van der Waals surface area (Å²) in [5.41, 5.74) is 1.61. The van der Waals surface area contributed by atoms with E-state index in [1.165, 1.54) is 9.80 Å². The summed E-state index contributed by atoms with van der Waals surface area (Å²) in [4.78, 5) is 27.4. The van der Waals surface area contributed by atoms with Crippen LogP contribution < -0.4 is 0 Å². The third kappa shape index (κ3) is 5.13. The minimum atomic E-state index is -0.178. The van der Waals surface area contributed by atoms with Crippen molar-refractivity contribution in [3.8, 4) is 0 Å². The number of methoxy groups -OCH3 is 1. The van der Waals surface area contributed by atoms with Gasteiger partial charge in [-0.2, -0.15) is 0 Å². The first kappa shape index (κ1) is 17.7. The fourth-order valence-electron chi connectivity index (χ4n) is 1.67. The highest BCUT2D eigenvalue weighted by molar-refractivity contribution is 9.10. The molecule has 0 aliphatic heterocycles. The van der Waals surface area contributed by atoms with Gasteiger partial charge in [0.2, 0.25) is 5.91 Å². The number of likely N-dealkylation sites (N-methyl/N-ethyl adjacent to an activating group) is 1. The average Bonchev–Trinajstić information content (AvgIpc) is 2.45. The van der Waals surface area contributed by atoms with Crippen LogP contribution >= 0.6 is 15.9 Å². The Morgan fingerprint density at radius 2 is 1.95 bits per heavy atom. The highest BCUT2D eigenvalue weighted by Crippen LogP contribution is 2.18. The van der Waals surface area contributed by atoms with Crippen molar-refractivity contribution in [3.05, 3.63) is 33.8 Å². The van der Waals surface area contributed by atoms with Gasteiger partial charge < -0.3 is 14.5 Å². The second kappa shape index (κ2) is 8.14. The normalized spacial score (nSPS) is 10.3. The van der Waals surface area contributed by atoms with Gasteiger partial charge >= 0.3 is 0 Å². The Morgan fingerprint density at radius 1 is 1.29 bits per heavy atom. The molecule has 0 N–H and O–H groups in total. The number of ether oxygens (including phenoxy) is 1. The number of halogens is 1. The van der Waals surface area contributed by atoms with E-state index < -0.39 is 0 Å². The predicted molar refractivity (Wildman–Crippen MR) is 85.4 cm³/mol. The van der Waals surface area contributed by atoms with Crippen LogP contribution in [-0.2, 0) is 9.53 Å². The maximum absolute atomic E-state index is 12.6. The van der Waals surface area contributed by atoms with Gasteiger partial charge in [0, 0.05) is 37.8 Å². The van der Waals surface area contributed by atoms with Gasteiger partial charge in [-0.1, -0.05) is 22.0 Å². The quantitative estimate of drug-likeness (QED) is 0.782. The summed E-state index contributed by atoms with van der Waals surface area (Å²) in [5.74, 6) is -0.298. The average molecular weight is 357 g/mol. The van der Waals surface area contributed by atoms with Crippen molar-refractivity contribution < 1.29 is 14.3 Å². The number of hydrogen-bond acceptors (Lipinski definition) is 3. The number of aryl methyl sites for hydroxylation is 1. The maximum atomic E-state index is 12.6. The Labute approximate surface area is 134 Å². The first-order chi connectivity index (χ1) is 9.86. The zero-order valence-electron chi connectivity index (χ0n) is 12.9. The zero-order valence-corrected chi connectivity index (χ0v) is 14.4. The number of hydrogen-bond donors (Lipinski definition) is 0. The van der Waals surface area contributed by atoms with Gasteiger partial charge in [-0.05, 0) is 24.6 Å². The number of benzene rings is 1. The summed E-state index contributed by atoms with van der Waals surface area (Å²) < 4.78 is 5.89. The van der Waals surface area contributed by atoms with E-state index in [2.05, 4.69) is 15.9 Å². The van der Waals surface area contributed by atoms with Gasteiger partial charge in [-0.25, -0.2) is 0 Å². The summed E-state index contributed by atoms with van der Waals surface area (Å²) in [6, 6.07) is 5.42. The third-order valence-electron chi connectivity index (χ3n) is 3.10. The zero-order chi connectivity index (χ0) is 16.0. The number of nitrogens with zero attached hydrogens (tertiary/aromatic N) is 2. The summed E-state index contributed by atoms with van der Waals surface area (Å²) in [7, 11) is 4.91. The van der Waals surface area contributed by atoms with Crippen LogP contribution in [0.25, 0.3) is 0 Å². The van der Waals surface area contributed by atoms with Gasteiger partial charge in [-0.15, -0.1) is 0 Å². The predicted octanol–water partition coefficient (Wildman–Crippen LogP) is 1.93. The van der Waals surface area contributed by atoms with Crippen LogP contribution in [0.3, 0.4) is 0 Å². The Balaban J connectivity index is 2.92. The molecule has 0 radical (unpaired) electrons. The minimum Gasteiger partial charge on any atom is -0.383 e. The van der Waals surface area contributed by atoms with Crippen LogP contribution in [-0.4, -0.2) is 62.5 Å². The topological polar surface area (TPSA) is 49.9 Å². The molecular weight excluding hydrogens is 336 g/mol. The molecule has 1 aromatic carbocycles. The molecule has 0 aliphatic rings. The van der Waals surface area contributed by atoms with Gasteiger partial charge in [0.05, 0.1) is 6.61 Å². The molecule has 21 heavy (non-hydrogen) atoms. The second-order valence-corrected chi connectivity index (χ2v) is 5.83. The van der Waals surface area contributed by atoms with Crippen LogP contribution in [0.4, 0.5) is 0 Å². The maximum Gasteiger partial charge on any atom is 0.254 e. The molecular formula is C15H21BrN2O3. The van der Waals surface area contributed by atoms with Crippen LogP contribution in [0, 0.1) is 6.92 Å². The van der Waals surface area contributed by atoms with E-state index in [4.69, 9.17) is 4.74 Å². The van der Waals surface area contributed by atoms with Crippen molar-refractivity contribution in [1.82, 2.24) is 9.80 Å². The van der Waals surface area contributed by atoms with Crippen LogP contribution in [0.5, 0.6) is 0 Å². The van der Waals surface area contributed by atoms with Crippen LogP contribution in [0.1, 0.15) is 15.9 Å². The van der Waals surface area contributed by atoms with Crippen LogP contribution in [0.15, 0.2) is 22.7 Å².